The molecule has 7 heteroatoms. The summed E-state index contributed by atoms with van der Waals surface area (Å²) in [5.41, 5.74) is 1.24. The topological polar surface area (TPSA) is 54.9 Å². The summed E-state index contributed by atoms with van der Waals surface area (Å²) in [6, 6.07) is 7.26. The number of piperazine rings is 1. The third-order valence-electron chi connectivity index (χ3n) is 4.83. The van der Waals surface area contributed by atoms with Crippen molar-refractivity contribution in [2.75, 3.05) is 39.9 Å². The molecule has 1 saturated heterocycles. The number of ether oxygens (including phenoxy) is 2. The maximum atomic E-state index is 12.4. The van der Waals surface area contributed by atoms with Gasteiger partial charge in [0.2, 0.25) is 0 Å². The molecule has 0 unspecified atom stereocenters. The van der Waals surface area contributed by atoms with Crippen LogP contribution in [-0.2, 0) is 16.8 Å². The van der Waals surface area contributed by atoms with Crippen LogP contribution in [0.5, 0.6) is 11.5 Å². The fourth-order valence-corrected chi connectivity index (χ4v) is 4.05. The average Bonchev–Trinajstić information content (AvgIpc) is 3.16. The first-order chi connectivity index (χ1) is 13.3. The summed E-state index contributed by atoms with van der Waals surface area (Å²) in [4.78, 5) is 21.4. The average molecular weight is 404 g/mol. The fraction of sp³-hybridized carbons (Fsp3) is 0.524. The second-order valence-corrected chi connectivity index (χ2v) is 8.94. The minimum atomic E-state index is 0.0275. The summed E-state index contributed by atoms with van der Waals surface area (Å²) < 4.78 is 10.7. The van der Waals surface area contributed by atoms with E-state index in [1.54, 1.807) is 18.4 Å². The van der Waals surface area contributed by atoms with Crippen molar-refractivity contribution in [3.8, 4) is 11.5 Å². The molecule has 2 heterocycles. The Balaban J connectivity index is 1.42. The molecule has 6 nitrogen and oxygen atoms in total. The second-order valence-electron chi connectivity index (χ2n) is 8.00. The number of benzene rings is 1. The molecule has 0 spiro atoms. The van der Waals surface area contributed by atoms with Gasteiger partial charge in [0.15, 0.2) is 6.61 Å². The molecule has 1 amide bonds. The Hall–Kier alpha value is -2.12. The zero-order chi connectivity index (χ0) is 20.1. The normalized spacial score (nSPS) is 15.5. The summed E-state index contributed by atoms with van der Waals surface area (Å²) in [5, 5.41) is 3.30. The number of hydrogen-bond acceptors (Lipinski definition) is 6. The van der Waals surface area contributed by atoms with Gasteiger partial charge in [-0.2, -0.15) is 0 Å². The lowest BCUT2D eigenvalue weighted by molar-refractivity contribution is -0.135. The molecule has 0 N–H and O–H groups in total. The van der Waals surface area contributed by atoms with Crippen LogP contribution in [-0.4, -0.2) is 60.6 Å². The highest BCUT2D eigenvalue weighted by atomic mass is 32.1. The van der Waals surface area contributed by atoms with Crippen LogP contribution >= 0.6 is 11.3 Å². The maximum Gasteiger partial charge on any atom is 0.260 e. The minimum Gasteiger partial charge on any atom is -0.497 e. The van der Waals surface area contributed by atoms with E-state index in [2.05, 4.69) is 31.1 Å². The van der Waals surface area contributed by atoms with Gasteiger partial charge >= 0.3 is 0 Å². The third kappa shape index (κ3) is 5.45. The highest BCUT2D eigenvalue weighted by molar-refractivity contribution is 7.09. The molecule has 1 aromatic carbocycles. The number of aromatic nitrogens is 1. The van der Waals surface area contributed by atoms with E-state index in [1.807, 2.05) is 29.2 Å². The number of thiazole rings is 1. The van der Waals surface area contributed by atoms with Crippen molar-refractivity contribution >= 4 is 17.2 Å². The van der Waals surface area contributed by atoms with Gasteiger partial charge in [0.25, 0.3) is 5.91 Å². The molecule has 0 saturated carbocycles. The van der Waals surface area contributed by atoms with Gasteiger partial charge in [-0.3, -0.25) is 9.69 Å². The molecule has 2 aromatic rings. The number of amides is 1. The number of carbonyl (C=O) groups is 1. The Bertz CT molecular complexity index is 775. The van der Waals surface area contributed by atoms with Crippen LogP contribution in [0.2, 0.25) is 0 Å². The Morgan fingerprint density at radius 3 is 2.32 bits per heavy atom. The number of nitrogens with zero attached hydrogens (tertiary/aromatic N) is 3. The predicted octanol–water partition coefficient (Wildman–Crippen LogP) is 3.17. The van der Waals surface area contributed by atoms with Crippen molar-refractivity contribution in [1.29, 1.82) is 0 Å². The molecule has 1 aliphatic heterocycles. The molecular weight excluding hydrogens is 374 g/mol. The lowest BCUT2D eigenvalue weighted by Crippen LogP contribution is -2.49. The van der Waals surface area contributed by atoms with E-state index in [1.165, 1.54) is 0 Å². The summed E-state index contributed by atoms with van der Waals surface area (Å²) in [6.45, 7) is 10.6. The highest BCUT2D eigenvalue weighted by Crippen LogP contribution is 2.24. The first-order valence-electron chi connectivity index (χ1n) is 9.57. The van der Waals surface area contributed by atoms with Gasteiger partial charge in [0, 0.05) is 37.0 Å². The van der Waals surface area contributed by atoms with Crippen LogP contribution in [0.15, 0.2) is 29.6 Å². The van der Waals surface area contributed by atoms with Gasteiger partial charge in [-0.05, 0) is 24.3 Å². The van der Waals surface area contributed by atoms with Gasteiger partial charge in [-0.1, -0.05) is 20.8 Å². The zero-order valence-corrected chi connectivity index (χ0v) is 17.9. The van der Waals surface area contributed by atoms with Gasteiger partial charge in [-0.15, -0.1) is 11.3 Å². The number of hydrogen-bond donors (Lipinski definition) is 0. The van der Waals surface area contributed by atoms with E-state index >= 15 is 0 Å². The molecule has 1 aromatic heterocycles. The van der Waals surface area contributed by atoms with Crippen LogP contribution in [0.3, 0.4) is 0 Å². The molecule has 3 rings (SSSR count). The van der Waals surface area contributed by atoms with Crippen LogP contribution in [0.25, 0.3) is 0 Å². The smallest absolute Gasteiger partial charge is 0.260 e. The van der Waals surface area contributed by atoms with Crippen molar-refractivity contribution in [2.24, 2.45) is 0 Å². The van der Waals surface area contributed by atoms with Crippen molar-refractivity contribution in [2.45, 2.75) is 32.7 Å². The molecule has 0 atom stereocenters. The molecule has 0 aliphatic carbocycles. The fourth-order valence-electron chi connectivity index (χ4n) is 2.98. The number of carbonyl (C=O) groups excluding carboxylic acids is 1. The van der Waals surface area contributed by atoms with Gasteiger partial charge in [-0.25, -0.2) is 4.98 Å². The third-order valence-corrected chi connectivity index (χ3v) is 5.66. The lowest BCUT2D eigenvalue weighted by Gasteiger charge is -2.34. The van der Waals surface area contributed by atoms with Gasteiger partial charge < -0.3 is 14.4 Å². The minimum absolute atomic E-state index is 0.0275. The molecule has 152 valence electrons. The zero-order valence-electron chi connectivity index (χ0n) is 17.1. The van der Waals surface area contributed by atoms with E-state index in [4.69, 9.17) is 14.5 Å². The van der Waals surface area contributed by atoms with Crippen molar-refractivity contribution in [1.82, 2.24) is 14.8 Å². The van der Waals surface area contributed by atoms with E-state index in [9.17, 15) is 4.79 Å². The largest absolute Gasteiger partial charge is 0.497 e. The Kier molecular flexibility index (Phi) is 6.57. The summed E-state index contributed by atoms with van der Waals surface area (Å²) in [5.74, 6) is 1.47. The van der Waals surface area contributed by atoms with E-state index in [-0.39, 0.29) is 17.9 Å². The summed E-state index contributed by atoms with van der Waals surface area (Å²) in [6.07, 6.45) is 0. The Morgan fingerprint density at radius 1 is 1.11 bits per heavy atom. The SMILES string of the molecule is COc1ccc(OCC(=O)N2CCN(Cc3nc(C(C)(C)C)cs3)CC2)cc1. The number of methoxy groups -OCH3 is 1. The molecule has 1 fully saturated rings. The quantitative estimate of drug-likeness (QED) is 0.742. The Labute approximate surface area is 171 Å². The standard InChI is InChI=1S/C21H29N3O3S/c1-21(2,3)18-15-28-19(22-18)13-23-9-11-24(12-10-23)20(25)14-27-17-7-5-16(26-4)6-8-17/h5-8,15H,9-14H2,1-4H3. The van der Waals surface area contributed by atoms with E-state index in [0.717, 1.165) is 49.2 Å². The van der Waals surface area contributed by atoms with E-state index < -0.39 is 0 Å². The van der Waals surface area contributed by atoms with Gasteiger partial charge in [0.05, 0.1) is 19.3 Å². The maximum absolute atomic E-state index is 12.4. The van der Waals surface area contributed by atoms with Crippen LogP contribution in [0.1, 0.15) is 31.5 Å². The predicted molar refractivity (Wildman–Crippen MR) is 111 cm³/mol. The van der Waals surface area contributed by atoms with E-state index in [0.29, 0.717) is 5.75 Å². The summed E-state index contributed by atoms with van der Waals surface area (Å²) >= 11 is 1.72. The van der Waals surface area contributed by atoms with Crippen LogP contribution in [0.4, 0.5) is 0 Å². The molecular formula is C21H29N3O3S. The highest BCUT2D eigenvalue weighted by Gasteiger charge is 2.23. The van der Waals surface area contributed by atoms with Crippen molar-refractivity contribution in [3.05, 3.63) is 40.3 Å². The monoisotopic (exact) mass is 403 g/mol. The molecule has 1 aliphatic rings. The second kappa shape index (κ2) is 8.92. The van der Waals surface area contributed by atoms with Gasteiger partial charge in [0.1, 0.15) is 16.5 Å². The van der Waals surface area contributed by atoms with Crippen LogP contribution in [0, 0.1) is 0 Å². The molecule has 0 bridgehead atoms. The Morgan fingerprint density at radius 2 is 1.75 bits per heavy atom. The lowest BCUT2D eigenvalue weighted by atomic mass is 9.93. The van der Waals surface area contributed by atoms with Crippen LogP contribution < -0.4 is 9.47 Å². The summed E-state index contributed by atoms with van der Waals surface area (Å²) in [7, 11) is 1.62. The molecule has 28 heavy (non-hydrogen) atoms. The molecule has 0 radical (unpaired) electrons. The number of rotatable bonds is 6. The first kappa shape index (κ1) is 20.6. The van der Waals surface area contributed by atoms with Crippen molar-refractivity contribution < 1.29 is 14.3 Å². The first-order valence-corrected chi connectivity index (χ1v) is 10.4. The van der Waals surface area contributed by atoms with Crippen molar-refractivity contribution in [3.63, 3.8) is 0 Å².